The van der Waals surface area contributed by atoms with Gasteiger partial charge in [-0.3, -0.25) is 4.79 Å². The Balaban J connectivity index is 2.26. The summed E-state index contributed by atoms with van der Waals surface area (Å²) in [6, 6.07) is 0. The number of carbonyl (C=O) groups is 1. The van der Waals surface area contributed by atoms with Crippen LogP contribution in [0.3, 0.4) is 0 Å². The first-order chi connectivity index (χ1) is 5.29. The monoisotopic (exact) mass is 155 g/mol. The van der Waals surface area contributed by atoms with Gasteiger partial charge in [0, 0.05) is 0 Å². The van der Waals surface area contributed by atoms with Crippen molar-refractivity contribution in [3.8, 4) is 0 Å². The molecule has 0 radical (unpaired) electrons. The van der Waals surface area contributed by atoms with Crippen LogP contribution in [0, 0.1) is 5.92 Å². The van der Waals surface area contributed by atoms with Gasteiger partial charge in [-0.05, 0) is 6.42 Å². The maximum absolute atomic E-state index is 10.8. The molecule has 1 fully saturated rings. The lowest BCUT2D eigenvalue weighted by atomic mass is 9.96. The van der Waals surface area contributed by atoms with Crippen LogP contribution in [0.25, 0.3) is 0 Å². The third-order valence-corrected chi connectivity index (χ3v) is 1.82. The molecule has 0 aliphatic carbocycles. The number of ether oxygens (including phenoxy) is 1. The largest absolute Gasteiger partial charge is 0.354 e. The Bertz CT molecular complexity index is 167. The van der Waals surface area contributed by atoms with Crippen molar-refractivity contribution in [3.63, 3.8) is 0 Å². The second-order valence-electron chi connectivity index (χ2n) is 2.57. The molecule has 3 heteroatoms. The van der Waals surface area contributed by atoms with Crippen LogP contribution < -0.4 is 5.32 Å². The normalized spacial score (nSPS) is 29.0. The minimum absolute atomic E-state index is 0.0509. The summed E-state index contributed by atoms with van der Waals surface area (Å²) < 4.78 is 5.25. The summed E-state index contributed by atoms with van der Waals surface area (Å²) in [5.74, 6) is 0.150. The SMILES string of the molecule is C=CCO[C@H]1NC(=O)[C@@H]1CC. The average molecular weight is 155 g/mol. The van der Waals surface area contributed by atoms with Crippen molar-refractivity contribution < 1.29 is 9.53 Å². The van der Waals surface area contributed by atoms with Crippen LogP contribution in [-0.4, -0.2) is 18.7 Å². The van der Waals surface area contributed by atoms with E-state index in [1.165, 1.54) is 0 Å². The van der Waals surface area contributed by atoms with Gasteiger partial charge in [-0.2, -0.15) is 0 Å². The molecule has 0 aromatic carbocycles. The molecule has 1 heterocycles. The lowest BCUT2D eigenvalue weighted by molar-refractivity contribution is -0.152. The van der Waals surface area contributed by atoms with Crippen LogP contribution >= 0.6 is 0 Å². The van der Waals surface area contributed by atoms with Gasteiger partial charge < -0.3 is 10.1 Å². The molecular formula is C8H13NO2. The summed E-state index contributed by atoms with van der Waals surface area (Å²) in [6.07, 6.45) is 2.44. The van der Waals surface area contributed by atoms with Crippen molar-refractivity contribution in [2.24, 2.45) is 5.92 Å². The molecule has 1 N–H and O–H groups in total. The third kappa shape index (κ3) is 1.60. The zero-order chi connectivity index (χ0) is 8.27. The molecule has 3 nitrogen and oxygen atoms in total. The first-order valence-electron chi connectivity index (χ1n) is 3.82. The molecule has 2 atom stereocenters. The van der Waals surface area contributed by atoms with Gasteiger partial charge >= 0.3 is 0 Å². The standard InChI is InChI=1S/C8H13NO2/c1-3-5-11-8-6(4-2)7(10)9-8/h3,6,8H,1,4-5H2,2H3,(H,9,10)/t6-,8+/m0/s1. The van der Waals surface area contributed by atoms with E-state index in [1.54, 1.807) is 6.08 Å². The smallest absolute Gasteiger partial charge is 0.229 e. The van der Waals surface area contributed by atoms with E-state index >= 15 is 0 Å². The van der Waals surface area contributed by atoms with E-state index in [-0.39, 0.29) is 18.1 Å². The predicted octanol–water partition coefficient (Wildman–Crippen LogP) is 0.671. The number of nitrogens with one attached hydrogen (secondary N) is 1. The Morgan fingerprint density at radius 1 is 1.82 bits per heavy atom. The van der Waals surface area contributed by atoms with Crippen LogP contribution in [0.5, 0.6) is 0 Å². The minimum atomic E-state index is -0.0782. The second-order valence-corrected chi connectivity index (χ2v) is 2.57. The quantitative estimate of drug-likeness (QED) is 0.478. The van der Waals surface area contributed by atoms with Crippen LogP contribution in [0.15, 0.2) is 12.7 Å². The Morgan fingerprint density at radius 2 is 2.55 bits per heavy atom. The highest BCUT2D eigenvalue weighted by Crippen LogP contribution is 2.19. The Morgan fingerprint density at radius 3 is 3.00 bits per heavy atom. The van der Waals surface area contributed by atoms with Gasteiger partial charge in [0.15, 0.2) is 0 Å². The van der Waals surface area contributed by atoms with Crippen molar-refractivity contribution in [2.75, 3.05) is 6.61 Å². The summed E-state index contributed by atoms with van der Waals surface area (Å²) >= 11 is 0. The molecule has 0 aromatic heterocycles. The summed E-state index contributed by atoms with van der Waals surface area (Å²) in [4.78, 5) is 10.8. The zero-order valence-electron chi connectivity index (χ0n) is 6.67. The van der Waals surface area contributed by atoms with Gasteiger partial charge in [0.25, 0.3) is 0 Å². The number of hydrogen-bond acceptors (Lipinski definition) is 2. The molecule has 0 unspecified atom stereocenters. The fourth-order valence-corrected chi connectivity index (χ4v) is 1.12. The summed E-state index contributed by atoms with van der Waals surface area (Å²) in [5.41, 5.74) is 0. The summed E-state index contributed by atoms with van der Waals surface area (Å²) in [6.45, 7) is 6.00. The first-order valence-corrected chi connectivity index (χ1v) is 3.82. The molecule has 1 rings (SSSR count). The molecule has 11 heavy (non-hydrogen) atoms. The number of β-lactam (4-membered cyclic amide) rings is 1. The number of rotatable bonds is 4. The zero-order valence-corrected chi connectivity index (χ0v) is 6.67. The van der Waals surface area contributed by atoms with Gasteiger partial charge in [-0.1, -0.05) is 13.0 Å². The van der Waals surface area contributed by atoms with E-state index in [1.807, 2.05) is 6.92 Å². The first kappa shape index (κ1) is 8.27. The summed E-state index contributed by atoms with van der Waals surface area (Å²) in [5, 5.41) is 2.67. The van der Waals surface area contributed by atoms with Crippen molar-refractivity contribution in [2.45, 2.75) is 19.6 Å². The van der Waals surface area contributed by atoms with Crippen LogP contribution in [0.1, 0.15) is 13.3 Å². The molecule has 1 aliphatic heterocycles. The maximum Gasteiger partial charge on any atom is 0.229 e. The van der Waals surface area contributed by atoms with E-state index in [9.17, 15) is 4.79 Å². The Labute approximate surface area is 66.4 Å². The number of carbonyl (C=O) groups excluding carboxylic acids is 1. The van der Waals surface area contributed by atoms with Crippen molar-refractivity contribution >= 4 is 5.91 Å². The molecule has 0 bridgehead atoms. The number of hydrogen-bond donors (Lipinski definition) is 1. The Hall–Kier alpha value is -0.830. The van der Waals surface area contributed by atoms with Gasteiger partial charge in [0.05, 0.1) is 12.5 Å². The number of amides is 1. The van der Waals surface area contributed by atoms with Crippen LogP contribution in [0.2, 0.25) is 0 Å². The average Bonchev–Trinajstić information content (AvgIpc) is 1.98. The van der Waals surface area contributed by atoms with Crippen LogP contribution in [-0.2, 0) is 9.53 Å². The summed E-state index contributed by atoms with van der Waals surface area (Å²) in [7, 11) is 0. The molecule has 0 spiro atoms. The van der Waals surface area contributed by atoms with Gasteiger partial charge in [0.1, 0.15) is 6.23 Å². The fraction of sp³-hybridized carbons (Fsp3) is 0.625. The minimum Gasteiger partial charge on any atom is -0.354 e. The maximum atomic E-state index is 10.8. The van der Waals surface area contributed by atoms with Gasteiger partial charge in [-0.15, -0.1) is 6.58 Å². The van der Waals surface area contributed by atoms with Gasteiger partial charge in [0.2, 0.25) is 5.91 Å². The van der Waals surface area contributed by atoms with Crippen molar-refractivity contribution in [1.82, 2.24) is 5.32 Å². The predicted molar refractivity (Wildman–Crippen MR) is 41.9 cm³/mol. The molecule has 0 saturated carbocycles. The fourth-order valence-electron chi connectivity index (χ4n) is 1.12. The van der Waals surface area contributed by atoms with Crippen molar-refractivity contribution in [3.05, 3.63) is 12.7 Å². The topological polar surface area (TPSA) is 38.3 Å². The van der Waals surface area contributed by atoms with E-state index < -0.39 is 0 Å². The highest BCUT2D eigenvalue weighted by Gasteiger charge is 2.38. The van der Waals surface area contributed by atoms with E-state index in [4.69, 9.17) is 4.74 Å². The molecule has 1 amide bonds. The van der Waals surface area contributed by atoms with Crippen LogP contribution in [0.4, 0.5) is 0 Å². The highest BCUT2D eigenvalue weighted by atomic mass is 16.5. The Kier molecular flexibility index (Phi) is 2.65. The highest BCUT2D eigenvalue weighted by molar-refractivity contribution is 5.85. The van der Waals surface area contributed by atoms with Crippen molar-refractivity contribution in [1.29, 1.82) is 0 Å². The lowest BCUT2D eigenvalue weighted by Gasteiger charge is -2.35. The lowest BCUT2D eigenvalue weighted by Crippen LogP contribution is -2.59. The van der Waals surface area contributed by atoms with E-state index in [2.05, 4.69) is 11.9 Å². The van der Waals surface area contributed by atoms with Gasteiger partial charge in [-0.25, -0.2) is 0 Å². The molecule has 62 valence electrons. The molecular weight excluding hydrogens is 142 g/mol. The molecule has 1 aliphatic rings. The third-order valence-electron chi connectivity index (χ3n) is 1.82. The molecule has 0 aromatic rings. The second kappa shape index (κ2) is 3.53. The molecule has 1 saturated heterocycles. The van der Waals surface area contributed by atoms with E-state index in [0.717, 1.165) is 6.42 Å². The van der Waals surface area contributed by atoms with E-state index in [0.29, 0.717) is 6.61 Å².